The van der Waals surface area contributed by atoms with Gasteiger partial charge in [0.1, 0.15) is 5.75 Å². The van der Waals surface area contributed by atoms with Gasteiger partial charge in [0.05, 0.1) is 19.8 Å². The van der Waals surface area contributed by atoms with Gasteiger partial charge in [-0.15, -0.1) is 0 Å². The standard InChI is InChI=1S/C15H27N3O4/c19-6-3-16-9-12-1-2-15(22)14(11-18-5-8-21)13(12)10-17-4-7-20/h1-2,16-22H,3-11H2. The van der Waals surface area contributed by atoms with E-state index in [4.69, 9.17) is 15.3 Å². The van der Waals surface area contributed by atoms with Crippen molar-refractivity contribution >= 4 is 0 Å². The lowest BCUT2D eigenvalue weighted by molar-refractivity contribution is 0.289. The highest BCUT2D eigenvalue weighted by atomic mass is 16.3. The number of hydrogen-bond acceptors (Lipinski definition) is 7. The van der Waals surface area contributed by atoms with Gasteiger partial charge in [0.2, 0.25) is 0 Å². The molecule has 7 nitrogen and oxygen atoms in total. The van der Waals surface area contributed by atoms with Gasteiger partial charge in [0.25, 0.3) is 0 Å². The van der Waals surface area contributed by atoms with Crippen molar-refractivity contribution in [2.75, 3.05) is 39.5 Å². The smallest absolute Gasteiger partial charge is 0.120 e. The van der Waals surface area contributed by atoms with Crippen molar-refractivity contribution in [1.29, 1.82) is 0 Å². The van der Waals surface area contributed by atoms with Crippen molar-refractivity contribution in [1.82, 2.24) is 16.0 Å². The van der Waals surface area contributed by atoms with E-state index in [0.717, 1.165) is 16.7 Å². The Labute approximate surface area is 131 Å². The van der Waals surface area contributed by atoms with Gasteiger partial charge in [0.15, 0.2) is 0 Å². The first kappa shape index (κ1) is 18.8. The Bertz CT molecular complexity index is 429. The third-order valence-electron chi connectivity index (χ3n) is 3.29. The summed E-state index contributed by atoms with van der Waals surface area (Å²) in [5.74, 6) is 0.206. The van der Waals surface area contributed by atoms with E-state index in [9.17, 15) is 5.11 Å². The number of phenols is 1. The van der Waals surface area contributed by atoms with Gasteiger partial charge in [-0.05, 0) is 17.2 Å². The van der Waals surface area contributed by atoms with Crippen molar-refractivity contribution in [2.24, 2.45) is 0 Å². The molecule has 0 spiro atoms. The number of benzene rings is 1. The molecule has 0 saturated heterocycles. The fraction of sp³-hybridized carbons (Fsp3) is 0.600. The van der Waals surface area contributed by atoms with Crippen LogP contribution in [0.4, 0.5) is 0 Å². The molecule has 0 aliphatic carbocycles. The van der Waals surface area contributed by atoms with Gasteiger partial charge in [-0.3, -0.25) is 0 Å². The summed E-state index contributed by atoms with van der Waals surface area (Å²) < 4.78 is 0. The van der Waals surface area contributed by atoms with E-state index in [0.29, 0.717) is 39.3 Å². The zero-order chi connectivity index (χ0) is 16.2. The lowest BCUT2D eigenvalue weighted by atomic mass is 9.99. The van der Waals surface area contributed by atoms with Crippen LogP contribution in [0.15, 0.2) is 12.1 Å². The molecule has 0 unspecified atom stereocenters. The summed E-state index contributed by atoms with van der Waals surface area (Å²) in [5, 5.41) is 46.0. The van der Waals surface area contributed by atoms with Crippen LogP contribution >= 0.6 is 0 Å². The molecule has 1 aromatic carbocycles. The second-order valence-electron chi connectivity index (χ2n) is 4.90. The Morgan fingerprint density at radius 1 is 0.682 bits per heavy atom. The van der Waals surface area contributed by atoms with Crippen LogP contribution in [0, 0.1) is 0 Å². The zero-order valence-corrected chi connectivity index (χ0v) is 12.8. The van der Waals surface area contributed by atoms with Gasteiger partial charge in [-0.2, -0.15) is 0 Å². The fourth-order valence-electron chi connectivity index (χ4n) is 2.20. The van der Waals surface area contributed by atoms with Crippen LogP contribution in [0.5, 0.6) is 5.75 Å². The topological polar surface area (TPSA) is 117 Å². The molecular weight excluding hydrogens is 286 g/mol. The summed E-state index contributed by atoms with van der Waals surface area (Å²) in [6, 6.07) is 3.51. The van der Waals surface area contributed by atoms with Crippen LogP contribution < -0.4 is 16.0 Å². The van der Waals surface area contributed by atoms with Gasteiger partial charge in [0, 0.05) is 44.8 Å². The maximum Gasteiger partial charge on any atom is 0.120 e. The molecule has 0 bridgehead atoms. The van der Waals surface area contributed by atoms with Crippen molar-refractivity contribution < 1.29 is 20.4 Å². The average Bonchev–Trinajstić information content (AvgIpc) is 2.52. The molecule has 126 valence electrons. The molecule has 0 aromatic heterocycles. The molecule has 1 aromatic rings. The van der Waals surface area contributed by atoms with E-state index in [-0.39, 0.29) is 25.6 Å². The Hall–Kier alpha value is -1.22. The maximum atomic E-state index is 10.1. The minimum absolute atomic E-state index is 0.0383. The quantitative estimate of drug-likeness (QED) is 0.238. The highest BCUT2D eigenvalue weighted by Crippen LogP contribution is 2.25. The summed E-state index contributed by atoms with van der Waals surface area (Å²) in [4.78, 5) is 0. The molecule has 0 radical (unpaired) electrons. The second-order valence-corrected chi connectivity index (χ2v) is 4.90. The number of hydrogen-bond donors (Lipinski definition) is 7. The Balaban J connectivity index is 2.89. The molecule has 0 fully saturated rings. The molecule has 0 heterocycles. The van der Waals surface area contributed by atoms with E-state index in [1.807, 2.05) is 6.07 Å². The van der Waals surface area contributed by atoms with Crippen molar-refractivity contribution in [3.8, 4) is 5.75 Å². The third-order valence-corrected chi connectivity index (χ3v) is 3.29. The predicted octanol–water partition coefficient (Wildman–Crippen LogP) is -1.36. The number of nitrogens with one attached hydrogen (secondary N) is 3. The molecule has 0 aliphatic rings. The highest BCUT2D eigenvalue weighted by Gasteiger charge is 2.12. The first-order valence-electron chi connectivity index (χ1n) is 7.51. The number of aliphatic hydroxyl groups excluding tert-OH is 3. The molecule has 1 rings (SSSR count). The number of rotatable bonds is 12. The highest BCUT2D eigenvalue weighted by molar-refractivity contribution is 5.44. The largest absolute Gasteiger partial charge is 0.508 e. The van der Waals surface area contributed by atoms with E-state index in [2.05, 4.69) is 16.0 Å². The lowest BCUT2D eigenvalue weighted by Crippen LogP contribution is -2.25. The van der Waals surface area contributed by atoms with Gasteiger partial charge >= 0.3 is 0 Å². The van der Waals surface area contributed by atoms with E-state index in [1.54, 1.807) is 6.07 Å². The SMILES string of the molecule is OCCNCc1ccc(O)c(CNCCO)c1CNCCO. The van der Waals surface area contributed by atoms with Crippen molar-refractivity contribution in [2.45, 2.75) is 19.6 Å². The Morgan fingerprint density at radius 2 is 1.18 bits per heavy atom. The summed E-state index contributed by atoms with van der Waals surface area (Å²) >= 11 is 0. The molecule has 22 heavy (non-hydrogen) atoms. The number of aromatic hydroxyl groups is 1. The van der Waals surface area contributed by atoms with Crippen LogP contribution in [-0.4, -0.2) is 59.9 Å². The lowest BCUT2D eigenvalue weighted by Gasteiger charge is -2.18. The molecule has 0 amide bonds. The van der Waals surface area contributed by atoms with Crippen LogP contribution in [0.1, 0.15) is 16.7 Å². The monoisotopic (exact) mass is 313 g/mol. The molecular formula is C15H27N3O4. The van der Waals surface area contributed by atoms with E-state index in [1.165, 1.54) is 0 Å². The summed E-state index contributed by atoms with van der Waals surface area (Å²) in [5.41, 5.74) is 2.77. The Morgan fingerprint density at radius 3 is 1.73 bits per heavy atom. The van der Waals surface area contributed by atoms with Crippen LogP contribution in [-0.2, 0) is 19.6 Å². The van der Waals surface area contributed by atoms with Crippen LogP contribution in [0.2, 0.25) is 0 Å². The third kappa shape index (κ3) is 6.27. The molecule has 7 N–H and O–H groups in total. The minimum Gasteiger partial charge on any atom is -0.508 e. The second kappa shape index (κ2) is 11.4. The number of aliphatic hydroxyl groups is 3. The summed E-state index contributed by atoms with van der Waals surface area (Å²) in [7, 11) is 0. The first-order chi connectivity index (χ1) is 10.7. The number of phenolic OH excluding ortho intramolecular Hbond substituents is 1. The van der Waals surface area contributed by atoms with Gasteiger partial charge in [-0.25, -0.2) is 0 Å². The van der Waals surface area contributed by atoms with Gasteiger partial charge in [-0.1, -0.05) is 6.07 Å². The molecule has 7 heteroatoms. The fourth-order valence-corrected chi connectivity index (χ4v) is 2.20. The van der Waals surface area contributed by atoms with Gasteiger partial charge < -0.3 is 36.4 Å². The van der Waals surface area contributed by atoms with Crippen LogP contribution in [0.25, 0.3) is 0 Å². The van der Waals surface area contributed by atoms with Crippen molar-refractivity contribution in [3.63, 3.8) is 0 Å². The normalized spacial score (nSPS) is 11.0. The summed E-state index contributed by atoms with van der Waals surface area (Å²) in [6.07, 6.45) is 0. The average molecular weight is 313 g/mol. The maximum absolute atomic E-state index is 10.1. The first-order valence-corrected chi connectivity index (χ1v) is 7.51. The van der Waals surface area contributed by atoms with E-state index < -0.39 is 0 Å². The predicted molar refractivity (Wildman–Crippen MR) is 84.5 cm³/mol. The zero-order valence-electron chi connectivity index (χ0n) is 12.8. The summed E-state index contributed by atoms with van der Waals surface area (Å²) in [6.45, 7) is 3.16. The van der Waals surface area contributed by atoms with Crippen molar-refractivity contribution in [3.05, 3.63) is 28.8 Å². The molecule has 0 saturated carbocycles. The Kier molecular flexibility index (Phi) is 9.72. The molecule has 0 aliphatic heterocycles. The molecule has 0 atom stereocenters. The van der Waals surface area contributed by atoms with E-state index >= 15 is 0 Å². The minimum atomic E-state index is 0.0383. The van der Waals surface area contributed by atoms with Crippen LogP contribution in [0.3, 0.4) is 0 Å².